The zero-order valence-electron chi connectivity index (χ0n) is 4.58. The summed E-state index contributed by atoms with van der Waals surface area (Å²) in [5, 5.41) is 0. The molecule has 0 saturated heterocycles. The molecule has 0 saturated carbocycles. The summed E-state index contributed by atoms with van der Waals surface area (Å²) >= 11 is -12.1. The minimum atomic E-state index is -6.07. The fourth-order valence-electron chi connectivity index (χ4n) is 0.102. The molecule has 0 aliphatic heterocycles. The van der Waals surface area contributed by atoms with Crippen molar-refractivity contribution in [2.75, 3.05) is 0 Å². The van der Waals surface area contributed by atoms with E-state index in [1.54, 1.807) is 0 Å². The van der Waals surface area contributed by atoms with Gasteiger partial charge < -0.3 is 0 Å². The maximum atomic E-state index is 9.38. The molecule has 8 nitrogen and oxygen atoms in total. The minimum absolute atomic E-state index is 0.0556. The van der Waals surface area contributed by atoms with E-state index in [0.717, 1.165) is 0 Å². The summed E-state index contributed by atoms with van der Waals surface area (Å²) in [6, 6.07) is 0. The molecular weight excluding hydrogens is 441 g/mol. The van der Waals surface area contributed by atoms with E-state index in [2.05, 4.69) is 2.84 Å². The molecule has 0 aliphatic carbocycles. The fourth-order valence-corrected chi connectivity index (χ4v) is 1.74. The van der Waals surface area contributed by atoms with Gasteiger partial charge in [0, 0.05) is 0 Å². The average Bonchev–Trinajstić information content (AvgIpc) is 1.60. The topological polar surface area (TPSA) is 141 Å². The predicted molar refractivity (Wildman–Crippen MR) is 11.7 cm³/mol. The van der Waals surface area contributed by atoms with E-state index < -0.39 is 27.2 Å². The summed E-state index contributed by atoms with van der Waals surface area (Å²) in [4.78, 5) is 0. The molecule has 0 unspecified atom stereocenters. The van der Waals surface area contributed by atoms with Crippen molar-refractivity contribution >= 4 is 24.7 Å². The Kier molecular flexibility index (Phi) is 7.14. The normalized spacial score (nSPS) is 11.4. The van der Waals surface area contributed by atoms with Crippen molar-refractivity contribution in [3.8, 4) is 0 Å². The molecule has 0 heterocycles. The van der Waals surface area contributed by atoms with E-state index in [0.29, 0.717) is 0 Å². The van der Waals surface area contributed by atoms with Gasteiger partial charge in [-0.3, -0.25) is 0 Å². The van der Waals surface area contributed by atoms with Crippen molar-refractivity contribution in [3.05, 3.63) is 0 Å². The zero-order valence-corrected chi connectivity index (χ0v) is 11.0. The van der Waals surface area contributed by atoms with Gasteiger partial charge >= 0.3 is 81.1 Å². The van der Waals surface area contributed by atoms with Crippen LogP contribution in [-0.4, -0.2) is 24.7 Å². The van der Waals surface area contributed by atoms with Gasteiger partial charge in [0.25, 0.3) is 0 Å². The summed E-state index contributed by atoms with van der Waals surface area (Å²) in [5.41, 5.74) is 0. The Morgan fingerprint density at radius 2 is 1.09 bits per heavy atom. The summed E-state index contributed by atoms with van der Waals surface area (Å²) in [6.07, 6.45) is 0. The summed E-state index contributed by atoms with van der Waals surface area (Å²) < 4.78 is 67.3. The third-order valence-corrected chi connectivity index (χ3v) is 2.83. The van der Waals surface area contributed by atoms with Crippen LogP contribution in [0, 0.1) is 0 Å². The Hall–Kier alpha value is 0.828. The van der Waals surface area contributed by atoms with E-state index in [9.17, 15) is 23.5 Å². The monoisotopic (exact) mass is 442 g/mol. The summed E-state index contributed by atoms with van der Waals surface area (Å²) in [5.74, 6) is 0. The van der Waals surface area contributed by atoms with Crippen LogP contribution in [0.15, 0.2) is 0 Å². The molecule has 0 amide bonds. The van der Waals surface area contributed by atoms with Crippen LogP contribution in [0.2, 0.25) is 0 Å². The SMILES string of the molecule is [O]=[BiH+2].[O]=[Cr](=[O])([O-])[O][Cr](=[O])(=[O])[O-]. The van der Waals surface area contributed by atoms with E-state index in [1.165, 1.54) is 0 Å². The van der Waals surface area contributed by atoms with Gasteiger partial charge in [0.15, 0.2) is 0 Å². The summed E-state index contributed by atoms with van der Waals surface area (Å²) in [7, 11) is 0. The standard InChI is InChI=1S/Bi.2Cr.8O.H/q+2;;;;;;;;;2*-1;. The second-order valence-corrected chi connectivity index (χ2v) is 4.52. The first-order valence-electron chi connectivity index (χ1n) is 1.54. The van der Waals surface area contributed by atoms with Crippen LogP contribution in [0.25, 0.3) is 0 Å². The number of rotatable bonds is 2. The molecular formula is HBiCr2O8. The Balaban J connectivity index is 0. The molecule has 11 heteroatoms. The van der Waals surface area contributed by atoms with Crippen LogP contribution < -0.4 is 8.32 Å². The van der Waals surface area contributed by atoms with Gasteiger partial charge in [-0.25, -0.2) is 0 Å². The van der Waals surface area contributed by atoms with Gasteiger partial charge in [-0.15, -0.1) is 0 Å². The van der Waals surface area contributed by atoms with E-state index in [4.69, 9.17) is 2.81 Å². The van der Waals surface area contributed by atoms with Gasteiger partial charge in [0.1, 0.15) is 0 Å². The van der Waals surface area contributed by atoms with Gasteiger partial charge in [-0.1, -0.05) is 0 Å². The molecule has 0 atom stereocenters. The third kappa shape index (κ3) is 18.1. The zero-order chi connectivity index (χ0) is 9.71. The van der Waals surface area contributed by atoms with Gasteiger partial charge in [0.2, 0.25) is 0 Å². The van der Waals surface area contributed by atoms with Gasteiger partial charge in [-0.2, -0.15) is 0 Å². The van der Waals surface area contributed by atoms with Crippen molar-refractivity contribution in [1.29, 1.82) is 0 Å². The van der Waals surface area contributed by atoms with Crippen LogP contribution >= 0.6 is 0 Å². The van der Waals surface area contributed by atoms with Crippen molar-refractivity contribution in [1.82, 2.24) is 0 Å². The number of hydrogen-bond acceptors (Lipinski definition) is 8. The van der Waals surface area contributed by atoms with Crippen LogP contribution in [-0.2, 0) is 48.1 Å². The van der Waals surface area contributed by atoms with E-state index in [1.807, 2.05) is 0 Å². The van der Waals surface area contributed by atoms with Crippen molar-refractivity contribution < 1.29 is 56.4 Å². The van der Waals surface area contributed by atoms with Gasteiger partial charge in [-0.05, 0) is 0 Å². The van der Waals surface area contributed by atoms with Crippen molar-refractivity contribution in [2.45, 2.75) is 0 Å². The van der Waals surface area contributed by atoms with Crippen molar-refractivity contribution in [3.63, 3.8) is 0 Å². The quantitative estimate of drug-likeness (QED) is 0.399. The Bertz CT molecular complexity index is 250. The first kappa shape index (κ1) is 14.4. The molecule has 0 aromatic carbocycles. The molecule has 0 rings (SSSR count). The van der Waals surface area contributed by atoms with Gasteiger partial charge in [0.05, 0.1) is 0 Å². The molecule has 0 aromatic heterocycles. The Labute approximate surface area is 80.6 Å². The predicted octanol–water partition coefficient (Wildman–Crippen LogP) is -3.69. The first-order valence-corrected chi connectivity index (χ1v) is 7.29. The molecule has 0 aliphatic rings. The molecule has 0 fully saturated rings. The third-order valence-electron chi connectivity index (χ3n) is 0.167. The van der Waals surface area contributed by atoms with Crippen LogP contribution in [0.3, 0.4) is 0 Å². The fraction of sp³-hybridized carbons (Fsp3) is 0. The average molecular weight is 442 g/mol. The molecule has 0 bridgehead atoms. The maximum absolute atomic E-state index is 9.38. The van der Waals surface area contributed by atoms with E-state index in [-0.39, 0.29) is 24.7 Å². The van der Waals surface area contributed by atoms with E-state index >= 15 is 0 Å². The summed E-state index contributed by atoms with van der Waals surface area (Å²) in [6.45, 7) is 0. The second-order valence-electron chi connectivity index (χ2n) is 0.885. The molecule has 66 valence electrons. The molecule has 11 heavy (non-hydrogen) atoms. The Morgan fingerprint density at radius 3 is 1.09 bits per heavy atom. The molecule has 0 N–H and O–H groups in total. The Morgan fingerprint density at radius 1 is 0.909 bits per heavy atom. The van der Waals surface area contributed by atoms with Crippen LogP contribution in [0.5, 0.6) is 0 Å². The second kappa shape index (κ2) is 5.47. The molecule has 0 radical (unpaired) electrons. The molecule has 0 spiro atoms. The van der Waals surface area contributed by atoms with Crippen molar-refractivity contribution in [2.24, 2.45) is 0 Å². The van der Waals surface area contributed by atoms with Crippen LogP contribution in [0.1, 0.15) is 0 Å². The molecule has 0 aromatic rings. The number of hydrogen-bond donors (Lipinski definition) is 0. The first-order chi connectivity index (χ1) is 4.71. The van der Waals surface area contributed by atoms with Crippen LogP contribution in [0.4, 0.5) is 0 Å².